The van der Waals surface area contributed by atoms with Crippen LogP contribution in [0.5, 0.6) is 0 Å². The van der Waals surface area contributed by atoms with Crippen molar-refractivity contribution in [3.05, 3.63) is 46.8 Å². The molecule has 0 aliphatic rings. The van der Waals surface area contributed by atoms with E-state index in [1.807, 2.05) is 12.4 Å². The average molecular weight is 335 g/mol. The van der Waals surface area contributed by atoms with Crippen LogP contribution in [0, 0.1) is 0 Å². The summed E-state index contributed by atoms with van der Waals surface area (Å²) in [5.41, 5.74) is 2.15. The number of aromatic nitrogens is 2. The van der Waals surface area contributed by atoms with E-state index in [1.165, 1.54) is 0 Å². The first-order valence-corrected chi connectivity index (χ1v) is 7.56. The van der Waals surface area contributed by atoms with Crippen molar-refractivity contribution in [1.29, 1.82) is 0 Å². The Labute approximate surface area is 128 Å². The van der Waals surface area contributed by atoms with Crippen LogP contribution in [0.1, 0.15) is 19.4 Å². The van der Waals surface area contributed by atoms with Gasteiger partial charge in [0.2, 0.25) is 0 Å². The molecule has 106 valence electrons. The molecule has 2 rings (SSSR count). The second-order valence-corrected chi connectivity index (χ2v) is 5.36. The standard InChI is InChI=1S/C15H19BrN4/c1-3-20(4-2)15-6-5-14(11-19-15)18-9-12-7-13(16)10-17-8-12/h5-8,10-11,18H,3-4,9H2,1-2H3. The monoisotopic (exact) mass is 334 g/mol. The van der Waals surface area contributed by atoms with Gasteiger partial charge >= 0.3 is 0 Å². The Morgan fingerprint density at radius 2 is 1.95 bits per heavy atom. The fourth-order valence-corrected chi connectivity index (χ4v) is 2.39. The Morgan fingerprint density at radius 1 is 1.15 bits per heavy atom. The molecule has 0 aromatic carbocycles. The van der Waals surface area contributed by atoms with Crippen LogP contribution >= 0.6 is 15.9 Å². The quantitative estimate of drug-likeness (QED) is 0.874. The summed E-state index contributed by atoms with van der Waals surface area (Å²) in [6, 6.07) is 6.16. The van der Waals surface area contributed by atoms with E-state index in [0.717, 1.165) is 41.2 Å². The van der Waals surface area contributed by atoms with E-state index in [2.05, 4.69) is 68.2 Å². The second kappa shape index (κ2) is 7.24. The molecule has 0 bridgehead atoms. The maximum atomic E-state index is 4.49. The van der Waals surface area contributed by atoms with Gasteiger partial charge in [0.05, 0.1) is 11.9 Å². The number of nitrogens with one attached hydrogen (secondary N) is 1. The van der Waals surface area contributed by atoms with Crippen LogP contribution in [-0.2, 0) is 6.54 Å². The van der Waals surface area contributed by atoms with Gasteiger partial charge in [-0.15, -0.1) is 0 Å². The lowest BCUT2D eigenvalue weighted by atomic mass is 10.3. The molecule has 20 heavy (non-hydrogen) atoms. The summed E-state index contributed by atoms with van der Waals surface area (Å²) >= 11 is 3.42. The van der Waals surface area contributed by atoms with Crippen LogP contribution in [0.2, 0.25) is 0 Å². The smallest absolute Gasteiger partial charge is 0.128 e. The molecule has 0 spiro atoms. The second-order valence-electron chi connectivity index (χ2n) is 4.44. The number of nitrogens with zero attached hydrogens (tertiary/aromatic N) is 3. The predicted octanol–water partition coefficient (Wildman–Crippen LogP) is 3.70. The third-order valence-corrected chi connectivity index (χ3v) is 3.53. The zero-order valence-corrected chi connectivity index (χ0v) is 13.4. The Kier molecular flexibility index (Phi) is 5.35. The first-order valence-electron chi connectivity index (χ1n) is 6.77. The highest BCUT2D eigenvalue weighted by molar-refractivity contribution is 9.10. The van der Waals surface area contributed by atoms with Gasteiger partial charge in [-0.3, -0.25) is 4.98 Å². The van der Waals surface area contributed by atoms with Crippen molar-refractivity contribution in [2.75, 3.05) is 23.3 Å². The van der Waals surface area contributed by atoms with Gasteiger partial charge < -0.3 is 10.2 Å². The van der Waals surface area contributed by atoms with E-state index < -0.39 is 0 Å². The van der Waals surface area contributed by atoms with E-state index in [4.69, 9.17) is 0 Å². The van der Waals surface area contributed by atoms with Gasteiger partial charge in [0.25, 0.3) is 0 Å². The molecule has 1 N–H and O–H groups in total. The molecule has 2 aromatic heterocycles. The van der Waals surface area contributed by atoms with Crippen LogP contribution in [0.4, 0.5) is 11.5 Å². The molecule has 5 heteroatoms. The third kappa shape index (κ3) is 3.93. The summed E-state index contributed by atoms with van der Waals surface area (Å²) < 4.78 is 0.992. The molecule has 0 atom stereocenters. The van der Waals surface area contributed by atoms with Gasteiger partial charge in [-0.1, -0.05) is 0 Å². The fourth-order valence-electron chi connectivity index (χ4n) is 1.98. The van der Waals surface area contributed by atoms with Crippen molar-refractivity contribution in [1.82, 2.24) is 9.97 Å². The minimum Gasteiger partial charge on any atom is -0.380 e. The van der Waals surface area contributed by atoms with Crippen molar-refractivity contribution in [2.45, 2.75) is 20.4 Å². The van der Waals surface area contributed by atoms with Gasteiger partial charge in [-0.2, -0.15) is 0 Å². The molecule has 0 saturated carbocycles. The normalized spacial score (nSPS) is 10.3. The molecule has 0 radical (unpaired) electrons. The summed E-state index contributed by atoms with van der Waals surface area (Å²) in [5.74, 6) is 1.02. The van der Waals surface area contributed by atoms with Gasteiger partial charge in [0, 0.05) is 36.5 Å². The Hall–Kier alpha value is -1.62. The van der Waals surface area contributed by atoms with E-state index in [-0.39, 0.29) is 0 Å². The first kappa shape index (κ1) is 14.8. The number of rotatable bonds is 6. The number of hydrogen-bond donors (Lipinski definition) is 1. The molecular weight excluding hydrogens is 316 g/mol. The lowest BCUT2D eigenvalue weighted by Gasteiger charge is -2.19. The summed E-state index contributed by atoms with van der Waals surface area (Å²) in [7, 11) is 0. The molecule has 0 unspecified atom stereocenters. The van der Waals surface area contributed by atoms with E-state index in [9.17, 15) is 0 Å². The minimum absolute atomic E-state index is 0.735. The molecule has 2 heterocycles. The summed E-state index contributed by atoms with van der Waals surface area (Å²) in [4.78, 5) is 10.9. The third-order valence-electron chi connectivity index (χ3n) is 3.09. The molecule has 0 amide bonds. The van der Waals surface area contributed by atoms with Gasteiger partial charge in [-0.25, -0.2) is 4.98 Å². The summed E-state index contributed by atoms with van der Waals surface area (Å²) in [6.07, 6.45) is 5.51. The number of anilines is 2. The number of pyridine rings is 2. The molecule has 0 aliphatic carbocycles. The van der Waals surface area contributed by atoms with Gasteiger partial charge in [0.15, 0.2) is 0 Å². The maximum Gasteiger partial charge on any atom is 0.128 e. The number of halogens is 1. The lowest BCUT2D eigenvalue weighted by Crippen LogP contribution is -2.22. The Bertz CT molecular complexity index is 538. The van der Waals surface area contributed by atoms with Crippen molar-refractivity contribution in [3.63, 3.8) is 0 Å². The van der Waals surface area contributed by atoms with Crippen LogP contribution in [0.3, 0.4) is 0 Å². The molecule has 4 nitrogen and oxygen atoms in total. The Morgan fingerprint density at radius 3 is 2.55 bits per heavy atom. The van der Waals surface area contributed by atoms with Crippen molar-refractivity contribution >= 4 is 27.4 Å². The zero-order valence-electron chi connectivity index (χ0n) is 11.8. The van der Waals surface area contributed by atoms with Crippen LogP contribution in [0.15, 0.2) is 41.3 Å². The van der Waals surface area contributed by atoms with Crippen LogP contribution in [-0.4, -0.2) is 23.1 Å². The predicted molar refractivity (Wildman–Crippen MR) is 87.1 cm³/mol. The maximum absolute atomic E-state index is 4.49. The molecule has 2 aromatic rings. The van der Waals surface area contributed by atoms with Crippen molar-refractivity contribution < 1.29 is 0 Å². The topological polar surface area (TPSA) is 41.0 Å². The SMILES string of the molecule is CCN(CC)c1ccc(NCc2cncc(Br)c2)cn1. The number of hydrogen-bond acceptors (Lipinski definition) is 4. The molecule has 0 saturated heterocycles. The average Bonchev–Trinajstić information content (AvgIpc) is 2.48. The zero-order chi connectivity index (χ0) is 14.4. The highest BCUT2D eigenvalue weighted by Crippen LogP contribution is 2.15. The first-order chi connectivity index (χ1) is 9.72. The Balaban J connectivity index is 1.97. The van der Waals surface area contributed by atoms with Crippen LogP contribution < -0.4 is 10.2 Å². The summed E-state index contributed by atoms with van der Waals surface area (Å²) in [6.45, 7) is 6.95. The molecular formula is C15H19BrN4. The largest absolute Gasteiger partial charge is 0.380 e. The van der Waals surface area contributed by atoms with Gasteiger partial charge in [0.1, 0.15) is 5.82 Å². The van der Waals surface area contributed by atoms with E-state index >= 15 is 0 Å². The van der Waals surface area contributed by atoms with Crippen LogP contribution in [0.25, 0.3) is 0 Å². The van der Waals surface area contributed by atoms with Gasteiger partial charge in [-0.05, 0) is 53.5 Å². The van der Waals surface area contributed by atoms with Crippen molar-refractivity contribution in [2.24, 2.45) is 0 Å². The highest BCUT2D eigenvalue weighted by Gasteiger charge is 2.03. The molecule has 0 aliphatic heterocycles. The fraction of sp³-hybridized carbons (Fsp3) is 0.333. The van der Waals surface area contributed by atoms with Crippen molar-refractivity contribution in [3.8, 4) is 0 Å². The lowest BCUT2D eigenvalue weighted by molar-refractivity contribution is 0.846. The van der Waals surface area contributed by atoms with E-state index in [0.29, 0.717) is 0 Å². The minimum atomic E-state index is 0.735. The summed E-state index contributed by atoms with van der Waals surface area (Å²) in [5, 5.41) is 3.35. The molecule has 0 fully saturated rings. The highest BCUT2D eigenvalue weighted by atomic mass is 79.9. The van der Waals surface area contributed by atoms with E-state index in [1.54, 1.807) is 6.20 Å².